The van der Waals surface area contributed by atoms with Crippen LogP contribution in [-0.4, -0.2) is 60.6 Å². The number of aliphatic carboxylic acids is 1. The van der Waals surface area contributed by atoms with Crippen molar-refractivity contribution in [2.24, 2.45) is 11.7 Å². The van der Waals surface area contributed by atoms with Gasteiger partial charge in [-0.2, -0.15) is 0 Å². The summed E-state index contributed by atoms with van der Waals surface area (Å²) in [6.07, 6.45) is 2.46. The van der Waals surface area contributed by atoms with Crippen molar-refractivity contribution in [3.8, 4) is 11.1 Å². The lowest BCUT2D eigenvalue weighted by molar-refractivity contribution is -0.138. The summed E-state index contributed by atoms with van der Waals surface area (Å²) in [6.45, 7) is 8.68. The number of thioether (sulfide) groups is 1. The quantitative estimate of drug-likeness (QED) is 0.107. The molecule has 1 amide bonds. The van der Waals surface area contributed by atoms with Gasteiger partial charge in [0.05, 0.1) is 16.6 Å². The number of carbonyl (C=O) groups is 4. The number of benzene rings is 3. The summed E-state index contributed by atoms with van der Waals surface area (Å²) in [6, 6.07) is 17.2. The van der Waals surface area contributed by atoms with Gasteiger partial charge in [-0.3, -0.25) is 14.4 Å². The molecule has 0 aliphatic rings. The van der Waals surface area contributed by atoms with E-state index < -0.39 is 18.0 Å². The summed E-state index contributed by atoms with van der Waals surface area (Å²) in [5.74, 6) is -0.776. The van der Waals surface area contributed by atoms with Crippen LogP contribution < -0.4 is 11.1 Å². The summed E-state index contributed by atoms with van der Waals surface area (Å²) < 4.78 is 2.14. The lowest BCUT2D eigenvalue weighted by Gasteiger charge is -2.20. The van der Waals surface area contributed by atoms with Gasteiger partial charge in [0.2, 0.25) is 0 Å². The molecule has 0 unspecified atom stereocenters. The van der Waals surface area contributed by atoms with Crippen molar-refractivity contribution >= 4 is 45.8 Å². The fourth-order valence-electron chi connectivity index (χ4n) is 5.73. The maximum atomic E-state index is 13.7. The molecule has 3 aromatic carbocycles. The van der Waals surface area contributed by atoms with Crippen molar-refractivity contribution in [3.05, 3.63) is 88.7 Å². The van der Waals surface area contributed by atoms with E-state index in [-0.39, 0.29) is 41.4 Å². The molecule has 2 atom stereocenters. The first kappa shape index (κ1) is 36.4. The van der Waals surface area contributed by atoms with Crippen molar-refractivity contribution in [1.29, 1.82) is 0 Å². The van der Waals surface area contributed by atoms with Gasteiger partial charge in [0.25, 0.3) is 5.91 Å². The molecule has 0 fully saturated rings. The van der Waals surface area contributed by atoms with Crippen LogP contribution in [0.25, 0.3) is 22.2 Å². The minimum atomic E-state index is -1.13. The fraction of sp³-hybridized carbons (Fsp3) is 0.378. The third kappa shape index (κ3) is 9.32. The lowest BCUT2D eigenvalue weighted by atomic mass is 9.98. The highest BCUT2D eigenvalue weighted by Gasteiger charge is 2.21. The molecule has 0 aliphatic carbocycles. The monoisotopic (exact) mass is 672 g/mol. The van der Waals surface area contributed by atoms with E-state index in [1.165, 1.54) is 0 Å². The highest BCUT2D eigenvalue weighted by molar-refractivity contribution is 8.13. The van der Waals surface area contributed by atoms with E-state index in [9.17, 15) is 24.3 Å². The molecule has 1 aromatic heterocycles. The Kier molecular flexibility index (Phi) is 12.5. The fourth-order valence-corrected chi connectivity index (χ4v) is 6.59. The van der Waals surface area contributed by atoms with Crippen LogP contribution in [0.3, 0.4) is 0 Å². The number of hydrogen-bond acceptors (Lipinski definition) is 7. The number of aryl methyl sites for hydroxylation is 2. The molecule has 0 saturated carbocycles. The maximum Gasteiger partial charge on any atom is 0.336 e. The number of carboxylic acids is 2. The first-order valence-corrected chi connectivity index (χ1v) is 17.2. The Morgan fingerprint density at radius 3 is 2.38 bits per heavy atom. The topological polar surface area (TPSA) is 165 Å². The Balaban J connectivity index is 1.57. The minimum absolute atomic E-state index is 0.0543. The Labute approximate surface area is 285 Å². The van der Waals surface area contributed by atoms with Crippen molar-refractivity contribution in [2.75, 3.05) is 5.75 Å². The molecule has 0 aliphatic heterocycles. The van der Waals surface area contributed by atoms with Gasteiger partial charge in [-0.25, -0.2) is 9.78 Å². The van der Waals surface area contributed by atoms with Gasteiger partial charge in [0, 0.05) is 36.7 Å². The standard InChI is InChI=1S/C37H44N4O6S/c1-5-8-32-40-34-23(4)18-26(35(43)39-27(17-22(2)3)21-48-33(42)16-15-30(38)37(46)47)19-31(34)41(32)20-24-11-13-25(14-12-24)28-9-6-7-10-29(28)36(44)45/h6-7,9-14,18-19,22,27,30H,5,8,15-17,20-21,38H2,1-4H3,(H,39,43)(H,44,45)(H,46,47)/t27-,30+/m1/s1. The van der Waals surface area contributed by atoms with Crippen LogP contribution in [0, 0.1) is 12.8 Å². The number of carbonyl (C=O) groups excluding carboxylic acids is 2. The average Bonchev–Trinajstić information content (AvgIpc) is 3.39. The summed E-state index contributed by atoms with van der Waals surface area (Å²) >= 11 is 1.09. The molecule has 5 N–H and O–H groups in total. The normalized spacial score (nSPS) is 12.6. The molecule has 11 heteroatoms. The molecule has 0 bridgehead atoms. The van der Waals surface area contributed by atoms with Crippen LogP contribution in [-0.2, 0) is 22.6 Å². The Morgan fingerprint density at radius 1 is 1.02 bits per heavy atom. The van der Waals surface area contributed by atoms with Crippen molar-refractivity contribution < 1.29 is 29.4 Å². The van der Waals surface area contributed by atoms with Crippen molar-refractivity contribution in [3.63, 3.8) is 0 Å². The number of nitrogens with zero attached hydrogens (tertiary/aromatic N) is 2. The predicted molar refractivity (Wildman–Crippen MR) is 189 cm³/mol. The van der Waals surface area contributed by atoms with Crippen LogP contribution in [0.5, 0.6) is 0 Å². The van der Waals surface area contributed by atoms with Crippen LogP contribution in [0.4, 0.5) is 0 Å². The van der Waals surface area contributed by atoms with Gasteiger partial charge in [-0.05, 0) is 72.6 Å². The first-order chi connectivity index (χ1) is 22.9. The van der Waals surface area contributed by atoms with Gasteiger partial charge in [-0.1, -0.05) is 75.0 Å². The van der Waals surface area contributed by atoms with E-state index in [0.717, 1.165) is 58.2 Å². The number of aromatic carboxylic acids is 1. The Hall–Kier alpha value is -4.48. The molecule has 4 rings (SSSR count). The second kappa shape index (κ2) is 16.6. The molecule has 10 nitrogen and oxygen atoms in total. The maximum absolute atomic E-state index is 13.7. The zero-order valence-electron chi connectivity index (χ0n) is 27.9. The second-order valence-corrected chi connectivity index (χ2v) is 13.6. The number of fused-ring (bicyclic) bond motifs is 1. The molecule has 0 spiro atoms. The Morgan fingerprint density at radius 2 is 1.73 bits per heavy atom. The van der Waals surface area contributed by atoms with E-state index >= 15 is 0 Å². The Bertz CT molecular complexity index is 1780. The van der Waals surface area contributed by atoms with Crippen LogP contribution in [0.1, 0.15) is 84.1 Å². The van der Waals surface area contributed by atoms with E-state index in [4.69, 9.17) is 15.8 Å². The second-order valence-electron chi connectivity index (χ2n) is 12.5. The van der Waals surface area contributed by atoms with E-state index in [2.05, 4.69) is 30.7 Å². The zero-order valence-corrected chi connectivity index (χ0v) is 28.7. The smallest absolute Gasteiger partial charge is 0.336 e. The highest BCUT2D eigenvalue weighted by Crippen LogP contribution is 2.27. The van der Waals surface area contributed by atoms with Crippen molar-refractivity contribution in [2.45, 2.75) is 78.4 Å². The van der Waals surface area contributed by atoms with Crippen LogP contribution >= 0.6 is 11.8 Å². The third-order valence-corrected chi connectivity index (χ3v) is 9.23. The number of aromatic nitrogens is 2. The number of hydrogen-bond donors (Lipinski definition) is 4. The summed E-state index contributed by atoms with van der Waals surface area (Å²) in [4.78, 5) is 53.8. The first-order valence-electron chi connectivity index (χ1n) is 16.2. The predicted octanol–water partition coefficient (Wildman–Crippen LogP) is 6.31. The molecule has 1 heterocycles. The number of nitrogens with one attached hydrogen (secondary N) is 1. The molecule has 0 radical (unpaired) electrons. The SMILES string of the molecule is CCCc1nc2c(C)cc(C(=O)N[C@@H](CSC(=O)CC[C@H](N)C(=O)O)CC(C)C)cc2n1Cc1ccc(-c2ccccc2C(=O)O)cc1. The summed E-state index contributed by atoms with van der Waals surface area (Å²) in [5, 5.41) is 21.6. The summed E-state index contributed by atoms with van der Waals surface area (Å²) in [7, 11) is 0. The van der Waals surface area contributed by atoms with Gasteiger partial charge in [0.15, 0.2) is 5.12 Å². The molecule has 254 valence electrons. The summed E-state index contributed by atoms with van der Waals surface area (Å²) in [5.41, 5.74) is 11.3. The number of amides is 1. The van der Waals surface area contributed by atoms with Gasteiger partial charge in [0.1, 0.15) is 11.9 Å². The van der Waals surface area contributed by atoms with E-state index in [1.54, 1.807) is 18.2 Å². The number of imidazole rings is 1. The van der Waals surface area contributed by atoms with Crippen molar-refractivity contribution in [1.82, 2.24) is 14.9 Å². The molecule has 48 heavy (non-hydrogen) atoms. The van der Waals surface area contributed by atoms with Crippen LogP contribution in [0.2, 0.25) is 0 Å². The zero-order chi connectivity index (χ0) is 35.0. The van der Waals surface area contributed by atoms with Gasteiger partial charge >= 0.3 is 11.9 Å². The van der Waals surface area contributed by atoms with E-state index in [0.29, 0.717) is 29.8 Å². The third-order valence-electron chi connectivity index (χ3n) is 8.14. The molecular formula is C37H44N4O6S. The van der Waals surface area contributed by atoms with Gasteiger partial charge in [-0.15, -0.1) is 0 Å². The van der Waals surface area contributed by atoms with E-state index in [1.807, 2.05) is 49.4 Å². The number of nitrogens with two attached hydrogens (primary N) is 1. The van der Waals surface area contributed by atoms with Gasteiger partial charge < -0.3 is 25.8 Å². The van der Waals surface area contributed by atoms with Crippen LogP contribution in [0.15, 0.2) is 60.7 Å². The molecular weight excluding hydrogens is 628 g/mol. The number of rotatable bonds is 16. The minimum Gasteiger partial charge on any atom is -0.480 e. The highest BCUT2D eigenvalue weighted by atomic mass is 32.2. The largest absolute Gasteiger partial charge is 0.480 e. The average molecular weight is 673 g/mol. The molecule has 0 saturated heterocycles. The number of carboxylic acid groups (broad SMARTS) is 2. The lowest BCUT2D eigenvalue weighted by Crippen LogP contribution is -2.38. The molecule has 4 aromatic rings.